The van der Waals surface area contributed by atoms with Crippen LogP contribution in [0.15, 0.2) is 6.07 Å². The van der Waals surface area contributed by atoms with Gasteiger partial charge in [-0.1, -0.05) is 0 Å². The Morgan fingerprint density at radius 3 is 3.00 bits per heavy atom. The Labute approximate surface area is 77.1 Å². The molecule has 1 aliphatic rings. The Balaban J connectivity index is 2.28. The van der Waals surface area contributed by atoms with Gasteiger partial charge in [-0.3, -0.25) is 0 Å². The van der Waals surface area contributed by atoms with Gasteiger partial charge in [-0.05, 0) is 19.8 Å². The lowest BCUT2D eigenvalue weighted by atomic mass is 10.2. The van der Waals surface area contributed by atoms with Crippen LogP contribution in [-0.4, -0.2) is 16.6 Å². The van der Waals surface area contributed by atoms with Gasteiger partial charge in [0.25, 0.3) is 0 Å². The molecular formula is C9H13N3O. The van der Waals surface area contributed by atoms with Gasteiger partial charge in [-0.2, -0.15) is 0 Å². The van der Waals surface area contributed by atoms with Crippen LogP contribution in [0.4, 0.5) is 5.82 Å². The molecule has 1 atom stereocenters. The van der Waals surface area contributed by atoms with E-state index in [1.165, 1.54) is 0 Å². The monoisotopic (exact) mass is 179 g/mol. The average Bonchev–Trinajstić information content (AvgIpc) is 2.53. The summed E-state index contributed by atoms with van der Waals surface area (Å²) < 4.78 is 5.50. The topological polar surface area (TPSA) is 61.0 Å². The van der Waals surface area contributed by atoms with E-state index in [9.17, 15) is 0 Å². The highest BCUT2D eigenvalue weighted by molar-refractivity contribution is 5.30. The fourth-order valence-corrected chi connectivity index (χ4v) is 1.59. The lowest BCUT2D eigenvalue weighted by Crippen LogP contribution is -2.04. The second kappa shape index (κ2) is 3.30. The number of nitrogens with two attached hydrogens (primary N) is 1. The minimum absolute atomic E-state index is 0.129. The molecule has 1 unspecified atom stereocenters. The van der Waals surface area contributed by atoms with E-state index < -0.39 is 0 Å². The zero-order valence-electron chi connectivity index (χ0n) is 7.66. The van der Waals surface area contributed by atoms with Crippen molar-refractivity contribution in [2.24, 2.45) is 0 Å². The van der Waals surface area contributed by atoms with Crippen molar-refractivity contribution in [3.63, 3.8) is 0 Å². The summed E-state index contributed by atoms with van der Waals surface area (Å²) in [5.41, 5.74) is 6.54. The van der Waals surface area contributed by atoms with Gasteiger partial charge in [-0.25, -0.2) is 9.97 Å². The highest BCUT2D eigenvalue weighted by atomic mass is 16.5. The number of hydrogen-bond donors (Lipinski definition) is 1. The molecule has 4 nitrogen and oxygen atoms in total. The molecule has 0 bridgehead atoms. The van der Waals surface area contributed by atoms with E-state index in [1.54, 1.807) is 6.07 Å². The Hall–Kier alpha value is -1.16. The second-order valence-corrected chi connectivity index (χ2v) is 3.27. The van der Waals surface area contributed by atoms with Gasteiger partial charge >= 0.3 is 0 Å². The highest BCUT2D eigenvalue weighted by Gasteiger charge is 2.19. The minimum Gasteiger partial charge on any atom is -0.384 e. The molecule has 1 fully saturated rings. The zero-order chi connectivity index (χ0) is 9.26. The standard InChI is InChI=1S/C9H13N3O/c1-6-11-7(5-9(10)12-6)8-3-2-4-13-8/h5,8H,2-4H2,1H3,(H2,10,11,12). The summed E-state index contributed by atoms with van der Waals surface area (Å²) in [6, 6.07) is 1.79. The molecule has 13 heavy (non-hydrogen) atoms. The molecule has 2 N–H and O–H groups in total. The van der Waals surface area contributed by atoms with Crippen molar-refractivity contribution >= 4 is 5.82 Å². The third kappa shape index (κ3) is 1.78. The molecule has 0 radical (unpaired) electrons. The summed E-state index contributed by atoms with van der Waals surface area (Å²) in [7, 11) is 0. The van der Waals surface area contributed by atoms with E-state index in [-0.39, 0.29) is 6.10 Å². The summed E-state index contributed by atoms with van der Waals surface area (Å²) in [6.45, 7) is 2.67. The molecule has 4 heteroatoms. The van der Waals surface area contributed by atoms with E-state index in [4.69, 9.17) is 10.5 Å². The van der Waals surface area contributed by atoms with Gasteiger partial charge in [-0.15, -0.1) is 0 Å². The lowest BCUT2D eigenvalue weighted by Gasteiger charge is -2.09. The number of rotatable bonds is 1. The fourth-order valence-electron chi connectivity index (χ4n) is 1.59. The van der Waals surface area contributed by atoms with Gasteiger partial charge in [0, 0.05) is 12.7 Å². The van der Waals surface area contributed by atoms with Gasteiger partial charge in [0.2, 0.25) is 0 Å². The molecule has 0 aromatic carbocycles. The minimum atomic E-state index is 0.129. The summed E-state index contributed by atoms with van der Waals surface area (Å²) in [5, 5.41) is 0. The Morgan fingerprint density at radius 2 is 2.38 bits per heavy atom. The predicted molar refractivity (Wildman–Crippen MR) is 49.1 cm³/mol. The van der Waals surface area contributed by atoms with Crippen LogP contribution in [0.3, 0.4) is 0 Å². The van der Waals surface area contributed by atoms with Crippen molar-refractivity contribution in [2.75, 3.05) is 12.3 Å². The summed E-state index contributed by atoms with van der Waals surface area (Å²) in [5.74, 6) is 1.24. The number of nitrogen functional groups attached to an aromatic ring is 1. The van der Waals surface area contributed by atoms with Crippen LogP contribution < -0.4 is 5.73 Å². The molecule has 1 saturated heterocycles. The SMILES string of the molecule is Cc1nc(N)cc(C2CCCO2)n1. The second-order valence-electron chi connectivity index (χ2n) is 3.27. The molecular weight excluding hydrogens is 166 g/mol. The third-order valence-corrected chi connectivity index (χ3v) is 2.14. The first-order valence-corrected chi connectivity index (χ1v) is 4.48. The van der Waals surface area contributed by atoms with Gasteiger partial charge in [0.1, 0.15) is 11.6 Å². The largest absolute Gasteiger partial charge is 0.384 e. The van der Waals surface area contributed by atoms with Crippen LogP contribution in [0.25, 0.3) is 0 Å². The molecule has 0 saturated carbocycles. The van der Waals surface area contributed by atoms with E-state index in [2.05, 4.69) is 9.97 Å². The first-order valence-electron chi connectivity index (χ1n) is 4.48. The number of ether oxygens (including phenoxy) is 1. The van der Waals surface area contributed by atoms with Crippen LogP contribution in [0.2, 0.25) is 0 Å². The number of nitrogens with zero attached hydrogens (tertiary/aromatic N) is 2. The quantitative estimate of drug-likeness (QED) is 0.704. The van der Waals surface area contributed by atoms with Crippen LogP contribution in [0, 0.1) is 6.92 Å². The molecule has 1 aromatic heterocycles. The third-order valence-electron chi connectivity index (χ3n) is 2.14. The maximum absolute atomic E-state index is 5.62. The zero-order valence-corrected chi connectivity index (χ0v) is 7.66. The first-order chi connectivity index (χ1) is 6.25. The van der Waals surface area contributed by atoms with Crippen molar-refractivity contribution in [3.05, 3.63) is 17.6 Å². The van der Waals surface area contributed by atoms with E-state index in [1.807, 2.05) is 6.92 Å². The smallest absolute Gasteiger partial charge is 0.128 e. The number of aromatic nitrogens is 2. The highest BCUT2D eigenvalue weighted by Crippen LogP contribution is 2.27. The summed E-state index contributed by atoms with van der Waals surface area (Å²) in [4.78, 5) is 8.32. The fraction of sp³-hybridized carbons (Fsp3) is 0.556. The van der Waals surface area contributed by atoms with Crippen molar-refractivity contribution in [3.8, 4) is 0 Å². The molecule has 1 aromatic rings. The average molecular weight is 179 g/mol. The van der Waals surface area contributed by atoms with Crippen LogP contribution in [-0.2, 0) is 4.74 Å². The van der Waals surface area contributed by atoms with Gasteiger partial charge in [0.05, 0.1) is 11.8 Å². The van der Waals surface area contributed by atoms with E-state index in [0.29, 0.717) is 11.6 Å². The predicted octanol–water partition coefficient (Wildman–Crippen LogP) is 1.22. The number of aryl methyl sites for hydroxylation is 1. The van der Waals surface area contributed by atoms with Crippen molar-refractivity contribution in [2.45, 2.75) is 25.9 Å². The van der Waals surface area contributed by atoms with Crippen molar-refractivity contribution in [1.29, 1.82) is 0 Å². The molecule has 70 valence electrons. The molecule has 1 aliphatic heterocycles. The van der Waals surface area contributed by atoms with Crippen LogP contribution >= 0.6 is 0 Å². The Kier molecular flexibility index (Phi) is 2.14. The van der Waals surface area contributed by atoms with E-state index in [0.717, 1.165) is 25.1 Å². The van der Waals surface area contributed by atoms with Crippen molar-refractivity contribution in [1.82, 2.24) is 9.97 Å². The number of hydrogen-bond acceptors (Lipinski definition) is 4. The molecule has 0 spiro atoms. The van der Waals surface area contributed by atoms with Crippen LogP contribution in [0.5, 0.6) is 0 Å². The molecule has 0 aliphatic carbocycles. The molecule has 2 heterocycles. The summed E-state index contributed by atoms with van der Waals surface area (Å²) in [6.07, 6.45) is 2.27. The van der Waals surface area contributed by atoms with Crippen LogP contribution in [0.1, 0.15) is 30.5 Å². The maximum Gasteiger partial charge on any atom is 0.128 e. The van der Waals surface area contributed by atoms with E-state index >= 15 is 0 Å². The lowest BCUT2D eigenvalue weighted by molar-refractivity contribution is 0.108. The Morgan fingerprint density at radius 1 is 1.54 bits per heavy atom. The van der Waals surface area contributed by atoms with Gasteiger partial charge < -0.3 is 10.5 Å². The molecule has 0 amide bonds. The Bertz CT molecular complexity index is 287. The molecule has 2 rings (SSSR count). The van der Waals surface area contributed by atoms with Gasteiger partial charge in [0.15, 0.2) is 0 Å². The summed E-state index contributed by atoms with van der Waals surface area (Å²) >= 11 is 0. The number of anilines is 1. The van der Waals surface area contributed by atoms with Crippen molar-refractivity contribution < 1.29 is 4.74 Å². The maximum atomic E-state index is 5.62. The first kappa shape index (κ1) is 8.44. The normalized spacial score (nSPS) is 22.1.